The van der Waals surface area contributed by atoms with Gasteiger partial charge in [-0.1, -0.05) is 0 Å². The van der Waals surface area contributed by atoms with Gasteiger partial charge in [0.05, 0.1) is 0 Å². The average molecular weight is 222 g/mol. The summed E-state index contributed by atoms with van der Waals surface area (Å²) in [6.45, 7) is 0. The second-order valence-corrected chi connectivity index (χ2v) is 2.26. The summed E-state index contributed by atoms with van der Waals surface area (Å²) in [6, 6.07) is 0. The predicted molar refractivity (Wildman–Crippen MR) is 39.2 cm³/mol. The van der Waals surface area contributed by atoms with Crippen molar-refractivity contribution >= 4 is 23.6 Å². The molecule has 0 bridgehead atoms. The molecule has 0 unspecified atom stereocenters. The third kappa shape index (κ3) is 2.02. The first-order valence-electron chi connectivity index (χ1n) is 2.34. The summed E-state index contributed by atoms with van der Waals surface area (Å²) in [5.74, 6) is 0. The number of aromatic nitrogens is 3. The predicted octanol–water partition coefficient (Wildman–Crippen LogP) is -4.18. The van der Waals surface area contributed by atoms with Gasteiger partial charge < -0.3 is 1.43 Å². The van der Waals surface area contributed by atoms with Crippen molar-refractivity contribution in [2.24, 2.45) is 0 Å². The van der Waals surface area contributed by atoms with Crippen molar-refractivity contribution in [3.8, 4) is 0 Å². The standard InChI is InChI=1S/C3HCl2N3O3.Na.H/c4-7-1(9)6-2(10)8(5)3(7)11;;/h(H,6,9,10);;/q;+1;-1. The van der Waals surface area contributed by atoms with Gasteiger partial charge in [0.2, 0.25) is 0 Å². The summed E-state index contributed by atoms with van der Waals surface area (Å²) in [6.07, 6.45) is 0. The van der Waals surface area contributed by atoms with E-state index in [4.69, 9.17) is 23.6 Å². The Kier molecular flexibility index (Phi) is 4.29. The van der Waals surface area contributed by atoms with E-state index < -0.39 is 17.1 Å². The number of aromatic amines is 1. The van der Waals surface area contributed by atoms with Crippen LogP contribution in [-0.2, 0) is 0 Å². The zero-order valence-corrected chi connectivity index (χ0v) is 9.39. The molecule has 0 fully saturated rings. The molecule has 0 atom stereocenters. The number of nitrogens with one attached hydrogen (secondary N) is 1. The van der Waals surface area contributed by atoms with E-state index in [9.17, 15) is 14.4 Å². The van der Waals surface area contributed by atoms with Crippen molar-refractivity contribution in [1.29, 1.82) is 0 Å². The van der Waals surface area contributed by atoms with E-state index >= 15 is 0 Å². The Bertz CT molecular complexity index is 413. The topological polar surface area (TPSA) is 76.9 Å². The van der Waals surface area contributed by atoms with Crippen LogP contribution in [0.15, 0.2) is 14.4 Å². The number of H-pyrrole nitrogens is 1. The van der Waals surface area contributed by atoms with Crippen molar-refractivity contribution in [3.05, 3.63) is 31.5 Å². The molecule has 0 aliphatic heterocycles. The molecule has 1 rings (SSSR count). The van der Waals surface area contributed by atoms with Crippen molar-refractivity contribution in [3.63, 3.8) is 0 Å². The van der Waals surface area contributed by atoms with Gasteiger partial charge in [-0.25, -0.2) is 14.4 Å². The Labute approximate surface area is 98.7 Å². The fraction of sp³-hybridized carbons (Fsp3) is 0. The van der Waals surface area contributed by atoms with E-state index in [0.717, 1.165) is 0 Å². The van der Waals surface area contributed by atoms with Crippen LogP contribution in [0.5, 0.6) is 0 Å². The monoisotopic (exact) mass is 221 g/mol. The van der Waals surface area contributed by atoms with Crippen LogP contribution in [0, 0.1) is 0 Å². The van der Waals surface area contributed by atoms with E-state index in [2.05, 4.69) is 0 Å². The van der Waals surface area contributed by atoms with Gasteiger partial charge in [-0.05, 0) is 0 Å². The third-order valence-corrected chi connectivity index (χ3v) is 1.50. The minimum atomic E-state index is -1.10. The van der Waals surface area contributed by atoms with Gasteiger partial charge in [0.25, 0.3) is 0 Å². The zero-order chi connectivity index (χ0) is 8.59. The fourth-order valence-electron chi connectivity index (χ4n) is 0.440. The summed E-state index contributed by atoms with van der Waals surface area (Å²) in [5, 5.41) is 0. The normalized spacial score (nSPS) is 9.17. The minimum Gasteiger partial charge on any atom is -1.00 e. The number of nitrogens with zero attached hydrogens (tertiary/aromatic N) is 2. The van der Waals surface area contributed by atoms with Crippen molar-refractivity contribution < 1.29 is 31.0 Å². The molecule has 9 heteroatoms. The van der Waals surface area contributed by atoms with Gasteiger partial charge in [0.1, 0.15) is 0 Å². The van der Waals surface area contributed by atoms with E-state index in [1.165, 1.54) is 0 Å². The summed E-state index contributed by atoms with van der Waals surface area (Å²) >= 11 is 10.1. The van der Waals surface area contributed by atoms with Gasteiger partial charge in [-0.3, -0.25) is 4.98 Å². The quantitative estimate of drug-likeness (QED) is 0.452. The van der Waals surface area contributed by atoms with E-state index in [1.54, 1.807) is 4.98 Å². The van der Waals surface area contributed by atoms with E-state index in [-0.39, 0.29) is 39.2 Å². The van der Waals surface area contributed by atoms with Crippen LogP contribution < -0.4 is 46.6 Å². The van der Waals surface area contributed by atoms with E-state index in [0.29, 0.717) is 0 Å². The molecular weight excluding hydrogens is 220 g/mol. The maximum atomic E-state index is 10.7. The van der Waals surface area contributed by atoms with Crippen LogP contribution in [-0.4, -0.2) is 13.2 Å². The average Bonchev–Trinajstić information content (AvgIpc) is 1.97. The van der Waals surface area contributed by atoms with Gasteiger partial charge in [0.15, 0.2) is 0 Å². The first kappa shape index (κ1) is 12.0. The number of halogens is 2. The number of rotatable bonds is 0. The van der Waals surface area contributed by atoms with Crippen LogP contribution in [0.2, 0.25) is 0 Å². The second kappa shape index (κ2) is 4.29. The van der Waals surface area contributed by atoms with Crippen molar-refractivity contribution in [1.82, 2.24) is 13.2 Å². The second-order valence-electron chi connectivity index (χ2n) is 1.58. The molecule has 0 saturated heterocycles. The van der Waals surface area contributed by atoms with Crippen LogP contribution in [0.1, 0.15) is 1.43 Å². The Morgan fingerprint density at radius 1 is 1.08 bits per heavy atom. The molecule has 62 valence electrons. The summed E-state index contributed by atoms with van der Waals surface area (Å²) in [5.41, 5.74) is -3.13. The first-order chi connectivity index (χ1) is 5.04. The van der Waals surface area contributed by atoms with Gasteiger partial charge >= 0.3 is 46.6 Å². The van der Waals surface area contributed by atoms with Crippen molar-refractivity contribution in [2.45, 2.75) is 0 Å². The van der Waals surface area contributed by atoms with Gasteiger partial charge in [0, 0.05) is 23.6 Å². The number of hydrogen-bond donors (Lipinski definition) is 1. The molecule has 0 aliphatic carbocycles. The zero-order valence-electron chi connectivity index (χ0n) is 6.88. The fourth-order valence-corrected chi connectivity index (χ4v) is 0.715. The molecule has 1 heterocycles. The molecule has 0 aliphatic rings. The van der Waals surface area contributed by atoms with Crippen LogP contribution in [0.25, 0.3) is 0 Å². The molecule has 1 N–H and O–H groups in total. The molecule has 6 nitrogen and oxygen atoms in total. The van der Waals surface area contributed by atoms with Crippen LogP contribution >= 0.6 is 23.6 Å². The molecule has 12 heavy (non-hydrogen) atoms. The number of hydrogen-bond acceptors (Lipinski definition) is 3. The Hall–Kier alpha value is -0.0100. The molecule has 0 radical (unpaired) electrons. The molecular formula is C3H2Cl2N3NaO3. The molecule has 0 amide bonds. The SMILES string of the molecule is O=c1[nH]c(=O)n(Cl)c(=O)n1Cl.[H-].[Na+]. The largest absolute Gasteiger partial charge is 1.00 e. The molecule has 0 saturated carbocycles. The third-order valence-electron chi connectivity index (χ3n) is 0.906. The molecule has 0 aromatic carbocycles. The summed E-state index contributed by atoms with van der Waals surface area (Å²) in [4.78, 5) is 33.4. The Morgan fingerprint density at radius 3 is 1.75 bits per heavy atom. The summed E-state index contributed by atoms with van der Waals surface area (Å²) < 4.78 is 0.322. The smallest absolute Gasteiger partial charge is 1.00 e. The van der Waals surface area contributed by atoms with E-state index in [1.807, 2.05) is 0 Å². The minimum absolute atomic E-state index is 0. The van der Waals surface area contributed by atoms with Crippen molar-refractivity contribution in [2.75, 3.05) is 0 Å². The Balaban J connectivity index is 0. The van der Waals surface area contributed by atoms with Gasteiger partial charge in [-0.2, -0.15) is 0 Å². The van der Waals surface area contributed by atoms with Crippen LogP contribution in [0.3, 0.4) is 0 Å². The molecule has 1 aromatic heterocycles. The van der Waals surface area contributed by atoms with Gasteiger partial charge in [-0.15, -0.1) is 8.17 Å². The summed E-state index contributed by atoms with van der Waals surface area (Å²) in [7, 11) is 0. The van der Waals surface area contributed by atoms with Crippen LogP contribution in [0.4, 0.5) is 0 Å². The Morgan fingerprint density at radius 2 is 1.42 bits per heavy atom. The molecule has 0 spiro atoms. The molecule has 1 aromatic rings. The first-order valence-corrected chi connectivity index (χ1v) is 3.02. The maximum Gasteiger partial charge on any atom is 1.00 e. The maximum absolute atomic E-state index is 10.7.